The van der Waals surface area contributed by atoms with E-state index in [0.29, 0.717) is 13.2 Å². The van der Waals surface area contributed by atoms with E-state index in [1.54, 1.807) is 6.08 Å². The minimum absolute atomic E-state index is 0.00954. The summed E-state index contributed by atoms with van der Waals surface area (Å²) in [6.07, 6.45) is 1.72. The summed E-state index contributed by atoms with van der Waals surface area (Å²) in [7, 11) is 2.02. The molecule has 0 aliphatic rings. The first-order valence-electron chi connectivity index (χ1n) is 8.66. The third-order valence-electron chi connectivity index (χ3n) is 4.01. The highest BCUT2D eigenvalue weighted by Gasteiger charge is 2.14. The zero-order valence-corrected chi connectivity index (χ0v) is 16.9. The third-order valence-corrected chi connectivity index (χ3v) is 4.54. The largest absolute Gasteiger partial charge is 0.490 e. The number of nitrogens with one attached hydrogen (secondary N) is 2. The first kappa shape index (κ1) is 20.2. The Morgan fingerprint density at radius 1 is 1.23 bits per heavy atom. The summed E-state index contributed by atoms with van der Waals surface area (Å²) >= 11 is 3.42. The van der Waals surface area contributed by atoms with Gasteiger partial charge in [-0.2, -0.15) is 0 Å². The standard InChI is InChI=1S/C21H25BrN2O2/c1-4-13-26-20-11-5-17(6-12-20)14-24(3)15-21(25)23-16(2)18-7-9-19(22)10-8-18/h4-12,16H,1,13-15H2,2-3H3,(H,23,25)/p+1/t16-/m1/s1. The maximum atomic E-state index is 12.3. The Balaban J connectivity index is 1.80. The number of ether oxygens (including phenoxy) is 1. The van der Waals surface area contributed by atoms with Crippen molar-refractivity contribution in [1.82, 2.24) is 5.32 Å². The molecule has 2 aromatic rings. The highest BCUT2D eigenvalue weighted by atomic mass is 79.9. The van der Waals surface area contributed by atoms with Gasteiger partial charge in [-0.05, 0) is 48.9 Å². The van der Waals surface area contributed by atoms with Crippen LogP contribution in [0, 0.1) is 0 Å². The monoisotopic (exact) mass is 417 g/mol. The second kappa shape index (κ2) is 10.1. The fourth-order valence-electron chi connectivity index (χ4n) is 2.67. The van der Waals surface area contributed by atoms with E-state index in [1.165, 1.54) is 5.56 Å². The number of hydrogen-bond donors (Lipinski definition) is 2. The fraction of sp³-hybridized carbons (Fsp3) is 0.286. The van der Waals surface area contributed by atoms with Gasteiger partial charge < -0.3 is 15.0 Å². The Hall–Kier alpha value is -2.11. The molecule has 0 fully saturated rings. The molecular formula is C21H26BrN2O2+. The van der Waals surface area contributed by atoms with Crippen LogP contribution in [0.2, 0.25) is 0 Å². The summed E-state index contributed by atoms with van der Waals surface area (Å²) in [6.45, 7) is 7.34. The molecule has 5 heteroatoms. The Labute approximate surface area is 164 Å². The average Bonchev–Trinajstić information content (AvgIpc) is 2.61. The van der Waals surface area contributed by atoms with E-state index < -0.39 is 0 Å². The van der Waals surface area contributed by atoms with Gasteiger partial charge in [0.15, 0.2) is 6.54 Å². The minimum Gasteiger partial charge on any atom is -0.490 e. The molecule has 138 valence electrons. The number of rotatable bonds is 9. The Morgan fingerprint density at radius 3 is 2.50 bits per heavy atom. The SMILES string of the molecule is C=CCOc1ccc(C[NH+](C)CC(=O)N[C@H](C)c2ccc(Br)cc2)cc1. The van der Waals surface area contributed by atoms with E-state index in [1.807, 2.05) is 62.5 Å². The summed E-state index contributed by atoms with van der Waals surface area (Å²) in [5, 5.41) is 3.06. The lowest BCUT2D eigenvalue weighted by Crippen LogP contribution is -3.08. The van der Waals surface area contributed by atoms with E-state index in [4.69, 9.17) is 4.74 Å². The van der Waals surface area contributed by atoms with Crippen molar-refractivity contribution in [2.24, 2.45) is 0 Å². The molecule has 0 aliphatic carbocycles. The maximum Gasteiger partial charge on any atom is 0.275 e. The topological polar surface area (TPSA) is 42.8 Å². The molecule has 26 heavy (non-hydrogen) atoms. The first-order valence-corrected chi connectivity index (χ1v) is 9.46. The van der Waals surface area contributed by atoms with Gasteiger partial charge in [0.25, 0.3) is 5.91 Å². The molecule has 0 aliphatic heterocycles. The quantitative estimate of drug-likeness (QED) is 0.615. The van der Waals surface area contributed by atoms with Gasteiger partial charge in [-0.15, -0.1) is 0 Å². The van der Waals surface area contributed by atoms with E-state index in [2.05, 4.69) is 27.8 Å². The normalized spacial score (nSPS) is 12.9. The summed E-state index contributed by atoms with van der Waals surface area (Å²) < 4.78 is 6.51. The fourth-order valence-corrected chi connectivity index (χ4v) is 2.94. The molecule has 0 radical (unpaired) electrons. The number of benzene rings is 2. The zero-order chi connectivity index (χ0) is 18.9. The number of hydrogen-bond acceptors (Lipinski definition) is 2. The lowest BCUT2D eigenvalue weighted by Gasteiger charge is -2.17. The number of likely N-dealkylation sites (N-methyl/N-ethyl adjacent to an activating group) is 1. The van der Waals surface area contributed by atoms with Crippen LogP contribution in [0.5, 0.6) is 5.75 Å². The van der Waals surface area contributed by atoms with Crippen LogP contribution < -0.4 is 15.0 Å². The van der Waals surface area contributed by atoms with Gasteiger partial charge in [0, 0.05) is 10.0 Å². The summed E-state index contributed by atoms with van der Waals surface area (Å²) in [5.74, 6) is 0.872. The number of carbonyl (C=O) groups is 1. The van der Waals surface area contributed by atoms with Gasteiger partial charge in [0.1, 0.15) is 18.9 Å². The molecule has 1 amide bonds. The molecular weight excluding hydrogens is 392 g/mol. The second-order valence-electron chi connectivity index (χ2n) is 6.40. The molecule has 0 saturated carbocycles. The van der Waals surface area contributed by atoms with Crippen LogP contribution in [0.25, 0.3) is 0 Å². The Morgan fingerprint density at radius 2 is 1.88 bits per heavy atom. The third kappa shape index (κ3) is 6.65. The van der Waals surface area contributed by atoms with E-state index >= 15 is 0 Å². The molecule has 0 saturated heterocycles. The highest BCUT2D eigenvalue weighted by molar-refractivity contribution is 9.10. The molecule has 2 atom stereocenters. The molecule has 0 bridgehead atoms. The van der Waals surface area contributed by atoms with Crippen LogP contribution in [-0.4, -0.2) is 26.1 Å². The zero-order valence-electron chi connectivity index (χ0n) is 15.3. The summed E-state index contributed by atoms with van der Waals surface area (Å²) in [6, 6.07) is 15.9. The predicted molar refractivity (Wildman–Crippen MR) is 108 cm³/mol. The van der Waals surface area contributed by atoms with Crippen molar-refractivity contribution < 1.29 is 14.4 Å². The van der Waals surface area contributed by atoms with Gasteiger partial charge in [0.2, 0.25) is 0 Å². The molecule has 0 spiro atoms. The maximum absolute atomic E-state index is 12.3. The smallest absolute Gasteiger partial charge is 0.275 e. The van der Waals surface area contributed by atoms with E-state index in [0.717, 1.165) is 27.2 Å². The van der Waals surface area contributed by atoms with Crippen molar-refractivity contribution in [3.05, 3.63) is 76.8 Å². The van der Waals surface area contributed by atoms with Crippen LogP contribution in [0.4, 0.5) is 0 Å². The van der Waals surface area contributed by atoms with Crippen molar-refractivity contribution in [3.8, 4) is 5.75 Å². The van der Waals surface area contributed by atoms with Crippen LogP contribution in [0.1, 0.15) is 24.1 Å². The van der Waals surface area contributed by atoms with E-state index in [-0.39, 0.29) is 11.9 Å². The molecule has 0 aromatic heterocycles. The Kier molecular flexibility index (Phi) is 7.88. The van der Waals surface area contributed by atoms with E-state index in [9.17, 15) is 4.79 Å². The summed E-state index contributed by atoms with van der Waals surface area (Å²) in [4.78, 5) is 13.4. The molecule has 0 heterocycles. The predicted octanol–water partition coefficient (Wildman–Crippen LogP) is 2.91. The molecule has 1 unspecified atom stereocenters. The molecule has 2 rings (SSSR count). The highest BCUT2D eigenvalue weighted by Crippen LogP contribution is 2.16. The van der Waals surface area contributed by atoms with Gasteiger partial charge in [0.05, 0.1) is 13.1 Å². The second-order valence-corrected chi connectivity index (χ2v) is 7.31. The van der Waals surface area contributed by atoms with Crippen molar-refractivity contribution in [1.29, 1.82) is 0 Å². The van der Waals surface area contributed by atoms with Gasteiger partial charge in [-0.1, -0.05) is 40.7 Å². The van der Waals surface area contributed by atoms with Crippen molar-refractivity contribution >= 4 is 21.8 Å². The molecule has 2 N–H and O–H groups in total. The molecule has 4 nitrogen and oxygen atoms in total. The van der Waals surface area contributed by atoms with Crippen molar-refractivity contribution in [2.45, 2.75) is 19.5 Å². The van der Waals surface area contributed by atoms with Crippen LogP contribution >= 0.6 is 15.9 Å². The average molecular weight is 418 g/mol. The van der Waals surface area contributed by atoms with Crippen molar-refractivity contribution in [3.63, 3.8) is 0 Å². The minimum atomic E-state index is -0.00954. The van der Waals surface area contributed by atoms with Crippen LogP contribution in [0.15, 0.2) is 65.7 Å². The van der Waals surface area contributed by atoms with Gasteiger partial charge in [-0.25, -0.2) is 0 Å². The first-order chi connectivity index (χ1) is 12.5. The molecule has 2 aromatic carbocycles. The van der Waals surface area contributed by atoms with Crippen molar-refractivity contribution in [2.75, 3.05) is 20.2 Å². The Bertz CT molecular complexity index is 714. The lowest BCUT2D eigenvalue weighted by atomic mass is 10.1. The number of carbonyl (C=O) groups excluding carboxylic acids is 1. The lowest BCUT2D eigenvalue weighted by molar-refractivity contribution is -0.885. The number of quaternary nitrogens is 1. The number of halogens is 1. The summed E-state index contributed by atoms with van der Waals surface area (Å²) in [5.41, 5.74) is 2.26. The van der Waals surface area contributed by atoms with Gasteiger partial charge in [-0.3, -0.25) is 4.79 Å². The number of amides is 1. The van der Waals surface area contributed by atoms with Crippen LogP contribution in [0.3, 0.4) is 0 Å². The van der Waals surface area contributed by atoms with Crippen LogP contribution in [-0.2, 0) is 11.3 Å². The van der Waals surface area contributed by atoms with Gasteiger partial charge >= 0.3 is 0 Å².